The van der Waals surface area contributed by atoms with Crippen LogP contribution in [0.25, 0.3) is 22.3 Å². The van der Waals surface area contributed by atoms with Crippen LogP contribution in [0.3, 0.4) is 0 Å². The Kier molecular flexibility index (Phi) is 3.03. The zero-order valence-corrected chi connectivity index (χ0v) is 15.1. The molecule has 0 saturated heterocycles. The van der Waals surface area contributed by atoms with Crippen LogP contribution in [0.1, 0.15) is 37.0 Å². The Labute approximate surface area is 152 Å². The third-order valence-electron chi connectivity index (χ3n) is 5.92. The van der Waals surface area contributed by atoms with Crippen molar-refractivity contribution in [2.24, 2.45) is 0 Å². The normalized spacial score (nSPS) is 17.8. The second kappa shape index (κ2) is 5.10. The largest absolute Gasteiger partial charge is 0.353 e. The molecule has 1 amide bonds. The molecule has 0 unspecified atom stereocenters. The molecule has 0 saturated carbocycles. The molecule has 2 N–H and O–H groups in total. The van der Waals surface area contributed by atoms with Crippen molar-refractivity contribution in [3.8, 4) is 11.4 Å². The summed E-state index contributed by atoms with van der Waals surface area (Å²) < 4.78 is 0. The number of aromatic amines is 2. The number of H-pyrrole nitrogens is 2. The van der Waals surface area contributed by atoms with Crippen molar-refractivity contribution in [3.63, 3.8) is 0 Å². The molecule has 0 spiro atoms. The highest BCUT2D eigenvalue weighted by Crippen LogP contribution is 2.45. The lowest BCUT2D eigenvalue weighted by atomic mass is 9.85. The molecule has 5 rings (SSSR count). The van der Waals surface area contributed by atoms with Gasteiger partial charge >= 0.3 is 0 Å². The minimum absolute atomic E-state index is 0.141. The van der Waals surface area contributed by atoms with Crippen LogP contribution in [0.2, 0.25) is 0 Å². The van der Waals surface area contributed by atoms with E-state index in [4.69, 9.17) is 0 Å². The standard InChI is InChI=1S/C21H22N4O/c1-4-8-25-17-9-14-13-7-5-6-12-11-22-24-18(12)19(13)23-16(14)10-15(17)21(2,3)20(25)26/h4,9-11,23H,1,5-8H2,2-3H3,(H,22,24). The summed E-state index contributed by atoms with van der Waals surface area (Å²) in [6, 6.07) is 4.35. The fourth-order valence-corrected chi connectivity index (χ4v) is 4.53. The molecule has 3 heterocycles. The summed E-state index contributed by atoms with van der Waals surface area (Å²) in [7, 11) is 0. The van der Waals surface area contributed by atoms with Crippen molar-refractivity contribution in [1.29, 1.82) is 0 Å². The summed E-state index contributed by atoms with van der Waals surface area (Å²) in [6.45, 7) is 8.37. The van der Waals surface area contributed by atoms with Gasteiger partial charge in [0.05, 0.1) is 23.0 Å². The highest BCUT2D eigenvalue weighted by molar-refractivity contribution is 6.10. The summed E-state index contributed by atoms with van der Waals surface area (Å²) in [5.74, 6) is 0.141. The summed E-state index contributed by atoms with van der Waals surface area (Å²) in [5.41, 5.74) is 7.51. The topological polar surface area (TPSA) is 64.8 Å². The predicted molar refractivity (Wildman–Crippen MR) is 103 cm³/mol. The van der Waals surface area contributed by atoms with Gasteiger partial charge in [0.15, 0.2) is 0 Å². The van der Waals surface area contributed by atoms with Crippen LogP contribution in [0.15, 0.2) is 31.0 Å². The van der Waals surface area contributed by atoms with E-state index < -0.39 is 5.41 Å². The van der Waals surface area contributed by atoms with E-state index in [2.05, 4.69) is 33.9 Å². The highest BCUT2D eigenvalue weighted by atomic mass is 16.2. The summed E-state index contributed by atoms with van der Waals surface area (Å²) in [6.07, 6.45) is 6.89. The number of nitrogens with zero attached hydrogens (tertiary/aromatic N) is 2. The van der Waals surface area contributed by atoms with Crippen LogP contribution < -0.4 is 4.90 Å². The quantitative estimate of drug-likeness (QED) is 0.692. The number of hydrogen-bond acceptors (Lipinski definition) is 2. The van der Waals surface area contributed by atoms with Crippen LogP contribution in [0.5, 0.6) is 0 Å². The second-order valence-corrected chi connectivity index (χ2v) is 7.85. The van der Waals surface area contributed by atoms with Crippen molar-refractivity contribution in [3.05, 3.63) is 47.7 Å². The van der Waals surface area contributed by atoms with Gasteiger partial charge in [0.1, 0.15) is 0 Å². The lowest BCUT2D eigenvalue weighted by Crippen LogP contribution is -2.36. The molecule has 0 radical (unpaired) electrons. The van der Waals surface area contributed by atoms with Crippen LogP contribution in [0, 0.1) is 0 Å². The van der Waals surface area contributed by atoms with E-state index in [0.717, 1.165) is 47.4 Å². The zero-order valence-electron chi connectivity index (χ0n) is 15.1. The van der Waals surface area contributed by atoms with Crippen LogP contribution in [0.4, 0.5) is 5.69 Å². The molecule has 2 aromatic heterocycles. The number of aromatic nitrogens is 3. The van der Waals surface area contributed by atoms with Crippen molar-refractivity contribution >= 4 is 22.5 Å². The first-order chi connectivity index (χ1) is 12.5. The van der Waals surface area contributed by atoms with Gasteiger partial charge in [-0.1, -0.05) is 6.08 Å². The minimum atomic E-state index is -0.520. The van der Waals surface area contributed by atoms with Gasteiger partial charge in [0, 0.05) is 23.1 Å². The predicted octanol–water partition coefficient (Wildman–Crippen LogP) is 3.86. The maximum Gasteiger partial charge on any atom is 0.237 e. The molecule has 3 aromatic rings. The van der Waals surface area contributed by atoms with Crippen molar-refractivity contribution in [2.45, 2.75) is 38.5 Å². The number of rotatable bonds is 2. The van der Waals surface area contributed by atoms with Gasteiger partial charge in [-0.15, -0.1) is 6.58 Å². The number of hydrogen-bond donors (Lipinski definition) is 2. The Morgan fingerprint density at radius 3 is 2.96 bits per heavy atom. The molecule has 5 heteroatoms. The Morgan fingerprint density at radius 2 is 2.15 bits per heavy atom. The summed E-state index contributed by atoms with van der Waals surface area (Å²) >= 11 is 0. The molecule has 2 aliphatic rings. The molecule has 0 bridgehead atoms. The average Bonchev–Trinajstić information content (AvgIpc) is 3.23. The van der Waals surface area contributed by atoms with Gasteiger partial charge in [0.25, 0.3) is 0 Å². The zero-order chi connectivity index (χ0) is 18.1. The van der Waals surface area contributed by atoms with E-state index in [9.17, 15) is 4.79 Å². The number of nitrogens with one attached hydrogen (secondary N) is 2. The van der Waals surface area contributed by atoms with Gasteiger partial charge in [-0.05, 0) is 61.9 Å². The smallest absolute Gasteiger partial charge is 0.237 e. The van der Waals surface area contributed by atoms with Gasteiger partial charge in [-0.3, -0.25) is 9.89 Å². The maximum absolute atomic E-state index is 12.9. The number of anilines is 1. The van der Waals surface area contributed by atoms with Crippen LogP contribution in [-0.2, 0) is 23.1 Å². The van der Waals surface area contributed by atoms with Gasteiger partial charge in [0.2, 0.25) is 5.91 Å². The summed E-state index contributed by atoms with van der Waals surface area (Å²) in [4.78, 5) is 18.4. The molecule has 0 fully saturated rings. The first kappa shape index (κ1) is 15.4. The van der Waals surface area contributed by atoms with Crippen molar-refractivity contribution in [2.75, 3.05) is 11.4 Å². The molecular weight excluding hydrogens is 324 g/mol. The Morgan fingerprint density at radius 1 is 1.31 bits per heavy atom. The lowest BCUT2D eigenvalue weighted by Gasteiger charge is -2.18. The number of carbonyl (C=O) groups excluding carboxylic acids is 1. The molecule has 1 aliphatic carbocycles. The maximum atomic E-state index is 12.9. The monoisotopic (exact) mass is 346 g/mol. The first-order valence-corrected chi connectivity index (χ1v) is 9.17. The number of aryl methyl sites for hydroxylation is 2. The minimum Gasteiger partial charge on any atom is -0.353 e. The Balaban J connectivity index is 1.79. The van der Waals surface area contributed by atoms with Gasteiger partial charge in [-0.2, -0.15) is 5.10 Å². The van der Waals surface area contributed by atoms with Crippen molar-refractivity contribution in [1.82, 2.24) is 15.2 Å². The first-order valence-electron chi connectivity index (χ1n) is 9.17. The molecule has 1 aliphatic heterocycles. The third kappa shape index (κ3) is 1.86. The lowest BCUT2D eigenvalue weighted by molar-refractivity contribution is -0.121. The van der Waals surface area contributed by atoms with E-state index >= 15 is 0 Å². The van der Waals surface area contributed by atoms with Crippen LogP contribution in [-0.4, -0.2) is 27.6 Å². The fourth-order valence-electron chi connectivity index (χ4n) is 4.53. The molecule has 132 valence electrons. The number of amides is 1. The Hall–Kier alpha value is -2.82. The molecule has 5 nitrogen and oxygen atoms in total. The van der Waals surface area contributed by atoms with Crippen molar-refractivity contribution < 1.29 is 4.79 Å². The third-order valence-corrected chi connectivity index (χ3v) is 5.92. The Bertz CT molecular complexity index is 1070. The highest BCUT2D eigenvalue weighted by Gasteiger charge is 2.44. The molecular formula is C21H22N4O. The number of fused-ring (bicyclic) bond motifs is 6. The van der Waals surface area contributed by atoms with Gasteiger partial charge < -0.3 is 9.88 Å². The SMILES string of the molecule is C=CCN1C(=O)C(C)(C)c2cc3[nH]c4c(c3cc21)CCCc1cn[nH]c1-4. The van der Waals surface area contributed by atoms with E-state index in [1.54, 1.807) is 6.08 Å². The molecule has 26 heavy (non-hydrogen) atoms. The van der Waals surface area contributed by atoms with E-state index in [0.29, 0.717) is 6.54 Å². The van der Waals surface area contributed by atoms with Crippen LogP contribution >= 0.6 is 0 Å². The average molecular weight is 346 g/mol. The number of carbonyl (C=O) groups is 1. The fraction of sp³-hybridized carbons (Fsp3) is 0.333. The molecule has 1 aromatic carbocycles. The number of benzene rings is 1. The van der Waals surface area contributed by atoms with E-state index in [-0.39, 0.29) is 5.91 Å². The molecule has 0 atom stereocenters. The van der Waals surface area contributed by atoms with E-state index in [1.807, 2.05) is 24.9 Å². The summed E-state index contributed by atoms with van der Waals surface area (Å²) in [5, 5.41) is 8.61. The van der Waals surface area contributed by atoms with Gasteiger partial charge in [-0.25, -0.2) is 0 Å². The second-order valence-electron chi connectivity index (χ2n) is 7.85. The van der Waals surface area contributed by atoms with E-state index in [1.165, 1.54) is 16.5 Å².